The van der Waals surface area contributed by atoms with Crippen LogP contribution in [0.2, 0.25) is 0 Å². The lowest BCUT2D eigenvalue weighted by Gasteiger charge is -2.06. The fourth-order valence-corrected chi connectivity index (χ4v) is 2.84. The van der Waals surface area contributed by atoms with E-state index >= 15 is 0 Å². The Hall–Kier alpha value is -1.51. The molecule has 0 heterocycles. The van der Waals surface area contributed by atoms with Crippen molar-refractivity contribution in [1.82, 2.24) is 0 Å². The van der Waals surface area contributed by atoms with Crippen LogP contribution in [0.1, 0.15) is 83.1 Å². The Morgan fingerprint density at radius 1 is 0.720 bits per heavy atom. The van der Waals surface area contributed by atoms with Gasteiger partial charge in [-0.05, 0) is 31.2 Å². The van der Waals surface area contributed by atoms with Gasteiger partial charge in [0.25, 0.3) is 0 Å². The number of aryl methyl sites for hydroxylation is 1. The van der Waals surface area contributed by atoms with Crippen LogP contribution in [0.15, 0.2) is 30.3 Å². The summed E-state index contributed by atoms with van der Waals surface area (Å²) in [4.78, 5) is 11.4. The van der Waals surface area contributed by atoms with E-state index in [0.717, 1.165) is 32.1 Å². The van der Waals surface area contributed by atoms with Crippen LogP contribution in [0, 0.1) is 0 Å². The smallest absolute Gasteiger partial charge is 0.434 e. The Bertz CT molecular complexity index is 417. The largest absolute Gasteiger partial charge is 0.508 e. The third kappa shape index (κ3) is 13.5. The van der Waals surface area contributed by atoms with Gasteiger partial charge in [-0.1, -0.05) is 88.6 Å². The first-order chi connectivity index (χ1) is 12.3. The van der Waals surface area contributed by atoms with Crippen LogP contribution in [-0.4, -0.2) is 19.4 Å². The van der Waals surface area contributed by atoms with Crippen LogP contribution >= 0.6 is 0 Å². The fraction of sp³-hybridized carbons (Fsp3) is 0.682. The molecule has 0 fully saturated rings. The zero-order valence-corrected chi connectivity index (χ0v) is 16.0. The van der Waals surface area contributed by atoms with Gasteiger partial charge in [0.1, 0.15) is 0 Å². The molecule has 1 aromatic rings. The molecule has 3 nitrogen and oxygen atoms in total. The minimum atomic E-state index is -0.502. The highest BCUT2D eigenvalue weighted by atomic mass is 16.7. The molecule has 1 rings (SSSR count). The maximum Gasteiger partial charge on any atom is 0.508 e. The van der Waals surface area contributed by atoms with Crippen molar-refractivity contribution in [3.05, 3.63) is 35.9 Å². The summed E-state index contributed by atoms with van der Waals surface area (Å²) in [6, 6.07) is 10.6. The van der Waals surface area contributed by atoms with Crippen LogP contribution in [0.3, 0.4) is 0 Å². The van der Waals surface area contributed by atoms with Crippen molar-refractivity contribution in [2.45, 2.75) is 84.0 Å². The molecule has 0 aliphatic heterocycles. The van der Waals surface area contributed by atoms with E-state index in [4.69, 9.17) is 9.47 Å². The predicted molar refractivity (Wildman–Crippen MR) is 104 cm³/mol. The first-order valence-corrected chi connectivity index (χ1v) is 10.2. The SMILES string of the molecule is CCCCCCCCOC(=O)OCCCCCCCc1ccccc1. The van der Waals surface area contributed by atoms with Crippen molar-refractivity contribution in [2.75, 3.05) is 13.2 Å². The molecule has 0 N–H and O–H groups in total. The molecule has 0 aromatic heterocycles. The van der Waals surface area contributed by atoms with Crippen molar-refractivity contribution in [3.8, 4) is 0 Å². The number of rotatable bonds is 15. The number of carbonyl (C=O) groups is 1. The monoisotopic (exact) mass is 348 g/mol. The molecule has 0 spiro atoms. The summed E-state index contributed by atoms with van der Waals surface area (Å²) in [5, 5.41) is 0. The van der Waals surface area contributed by atoms with Crippen molar-refractivity contribution in [3.63, 3.8) is 0 Å². The van der Waals surface area contributed by atoms with E-state index in [1.807, 2.05) is 0 Å². The van der Waals surface area contributed by atoms with Crippen LogP contribution in [0.5, 0.6) is 0 Å². The van der Waals surface area contributed by atoms with Gasteiger partial charge in [0.05, 0.1) is 13.2 Å². The highest BCUT2D eigenvalue weighted by molar-refractivity contribution is 5.59. The van der Waals surface area contributed by atoms with Gasteiger partial charge >= 0.3 is 6.16 Å². The number of ether oxygens (including phenoxy) is 2. The van der Waals surface area contributed by atoms with E-state index in [2.05, 4.69) is 37.3 Å². The third-order valence-corrected chi connectivity index (χ3v) is 4.39. The van der Waals surface area contributed by atoms with Gasteiger partial charge in [0, 0.05) is 0 Å². The van der Waals surface area contributed by atoms with E-state index < -0.39 is 6.16 Å². The summed E-state index contributed by atoms with van der Waals surface area (Å²) < 4.78 is 10.2. The first kappa shape index (κ1) is 21.5. The van der Waals surface area contributed by atoms with E-state index in [9.17, 15) is 4.79 Å². The van der Waals surface area contributed by atoms with Gasteiger partial charge in [-0.3, -0.25) is 0 Å². The minimum Gasteiger partial charge on any atom is -0.434 e. The summed E-state index contributed by atoms with van der Waals surface area (Å²) in [6.07, 6.45) is 13.5. The number of hydrogen-bond donors (Lipinski definition) is 0. The molecule has 0 unspecified atom stereocenters. The van der Waals surface area contributed by atoms with Gasteiger partial charge in [0.2, 0.25) is 0 Å². The summed E-state index contributed by atoms with van der Waals surface area (Å²) >= 11 is 0. The number of benzene rings is 1. The molecule has 0 saturated carbocycles. The van der Waals surface area contributed by atoms with Gasteiger partial charge < -0.3 is 9.47 Å². The normalized spacial score (nSPS) is 10.6. The molecule has 1 aromatic carbocycles. The average Bonchev–Trinajstić information content (AvgIpc) is 2.64. The Labute approximate surface area is 154 Å². The van der Waals surface area contributed by atoms with E-state index in [0.29, 0.717) is 13.2 Å². The van der Waals surface area contributed by atoms with E-state index in [-0.39, 0.29) is 0 Å². The maximum atomic E-state index is 11.4. The Kier molecular flexibility index (Phi) is 13.8. The average molecular weight is 349 g/mol. The molecule has 0 saturated heterocycles. The van der Waals surface area contributed by atoms with Crippen molar-refractivity contribution in [1.29, 1.82) is 0 Å². The molecule has 0 aliphatic rings. The summed E-state index contributed by atoms with van der Waals surface area (Å²) in [7, 11) is 0. The third-order valence-electron chi connectivity index (χ3n) is 4.39. The van der Waals surface area contributed by atoms with Crippen LogP contribution < -0.4 is 0 Å². The molecule has 0 aliphatic carbocycles. The molecule has 0 atom stereocenters. The Balaban J connectivity index is 1.80. The fourth-order valence-electron chi connectivity index (χ4n) is 2.84. The molecule has 3 heteroatoms. The minimum absolute atomic E-state index is 0.480. The lowest BCUT2D eigenvalue weighted by atomic mass is 10.1. The highest BCUT2D eigenvalue weighted by Gasteiger charge is 2.03. The predicted octanol–water partition coefficient (Wildman–Crippen LogP) is 6.69. The molecule has 25 heavy (non-hydrogen) atoms. The second kappa shape index (κ2) is 16.0. The van der Waals surface area contributed by atoms with E-state index in [1.54, 1.807) is 0 Å². The van der Waals surface area contributed by atoms with Crippen molar-refractivity contribution >= 4 is 6.16 Å². The Morgan fingerprint density at radius 2 is 1.24 bits per heavy atom. The van der Waals surface area contributed by atoms with Crippen molar-refractivity contribution < 1.29 is 14.3 Å². The first-order valence-electron chi connectivity index (χ1n) is 10.2. The molecule has 0 radical (unpaired) electrons. The number of hydrogen-bond acceptors (Lipinski definition) is 3. The quantitative estimate of drug-likeness (QED) is 0.261. The second-order valence-electron chi connectivity index (χ2n) is 6.72. The summed E-state index contributed by atoms with van der Waals surface area (Å²) in [5.74, 6) is 0. The standard InChI is InChI=1S/C22H36O3/c1-2-3-4-5-8-14-19-24-22(23)25-20-15-9-6-7-11-16-21-17-12-10-13-18-21/h10,12-13,17-18H,2-9,11,14-16,19-20H2,1H3. The topological polar surface area (TPSA) is 35.5 Å². The van der Waals surface area contributed by atoms with Crippen molar-refractivity contribution in [2.24, 2.45) is 0 Å². The van der Waals surface area contributed by atoms with E-state index in [1.165, 1.54) is 50.5 Å². The molecule has 0 amide bonds. The second-order valence-corrected chi connectivity index (χ2v) is 6.72. The highest BCUT2D eigenvalue weighted by Crippen LogP contribution is 2.09. The Morgan fingerprint density at radius 3 is 1.84 bits per heavy atom. The maximum absolute atomic E-state index is 11.4. The lowest BCUT2D eigenvalue weighted by molar-refractivity contribution is 0.0529. The lowest BCUT2D eigenvalue weighted by Crippen LogP contribution is -2.09. The zero-order valence-electron chi connectivity index (χ0n) is 16.0. The van der Waals surface area contributed by atoms with Crippen LogP contribution in [0.4, 0.5) is 4.79 Å². The number of unbranched alkanes of at least 4 members (excludes halogenated alkanes) is 9. The summed E-state index contributed by atoms with van der Waals surface area (Å²) in [6.45, 7) is 3.18. The van der Waals surface area contributed by atoms with Gasteiger partial charge in [-0.2, -0.15) is 0 Å². The van der Waals surface area contributed by atoms with Gasteiger partial charge in [-0.25, -0.2) is 4.79 Å². The molecular weight excluding hydrogens is 312 g/mol. The van der Waals surface area contributed by atoms with Gasteiger partial charge in [-0.15, -0.1) is 0 Å². The molecular formula is C22H36O3. The molecule has 0 bridgehead atoms. The number of carbonyl (C=O) groups excluding carboxylic acids is 1. The summed E-state index contributed by atoms with van der Waals surface area (Å²) in [5.41, 5.74) is 1.42. The molecule has 142 valence electrons. The zero-order chi connectivity index (χ0) is 18.0. The van der Waals surface area contributed by atoms with Crippen LogP contribution in [-0.2, 0) is 15.9 Å². The van der Waals surface area contributed by atoms with Crippen LogP contribution in [0.25, 0.3) is 0 Å². The van der Waals surface area contributed by atoms with Gasteiger partial charge in [0.15, 0.2) is 0 Å².